The molecule has 0 aromatic rings. The summed E-state index contributed by atoms with van der Waals surface area (Å²) in [6, 6.07) is -1.35. The molecule has 0 aliphatic carbocycles. The highest BCUT2D eigenvalue weighted by Gasteiger charge is 2.52. The highest BCUT2D eigenvalue weighted by Crippen LogP contribution is 2.32. The van der Waals surface area contributed by atoms with E-state index in [1.165, 1.54) is 0 Å². The van der Waals surface area contributed by atoms with Gasteiger partial charge in [-0.25, -0.2) is 0 Å². The zero-order valence-corrected chi connectivity index (χ0v) is 19.2. The maximum absolute atomic E-state index is 11.5. The minimum absolute atomic E-state index is 0.0963. The molecular weight excluding hydrogens is 478 g/mol. The van der Waals surface area contributed by atoms with Crippen LogP contribution in [0, 0.1) is 0 Å². The molecule has 0 aromatic carbocycles. The summed E-state index contributed by atoms with van der Waals surface area (Å²) in [4.78, 5) is 11.5. The van der Waals surface area contributed by atoms with E-state index in [9.17, 15) is 45.6 Å². The fourth-order valence-corrected chi connectivity index (χ4v) is 4.33. The Bertz CT molecular complexity index is 701. The first kappa shape index (κ1) is 28.5. The smallest absolute Gasteiger partial charge is 0.217 e. The van der Waals surface area contributed by atoms with Crippen LogP contribution < -0.4 is 5.32 Å². The third kappa shape index (κ3) is 6.27. The van der Waals surface area contributed by atoms with Crippen LogP contribution in [0.15, 0.2) is 0 Å². The predicted octanol–water partition coefficient (Wildman–Crippen LogP) is -5.37. The highest BCUT2D eigenvalue weighted by atomic mass is 16.8. The molecule has 0 aromatic heterocycles. The fourth-order valence-electron chi connectivity index (χ4n) is 4.33. The predicted molar refractivity (Wildman–Crippen MR) is 110 cm³/mol. The van der Waals surface area contributed by atoms with E-state index in [2.05, 4.69) is 5.32 Å². The third-order valence-electron chi connectivity index (χ3n) is 6.34. The van der Waals surface area contributed by atoms with Crippen molar-refractivity contribution >= 4 is 5.91 Å². The number of hydrogen-bond donors (Lipinski definition) is 9. The lowest BCUT2D eigenvalue weighted by Gasteiger charge is -2.48. The highest BCUT2D eigenvalue weighted by molar-refractivity contribution is 5.73. The van der Waals surface area contributed by atoms with E-state index < -0.39 is 105 Å². The molecule has 14 atom stereocenters. The lowest BCUT2D eigenvalue weighted by atomic mass is 9.95. The molecule has 15 heteroatoms. The summed E-state index contributed by atoms with van der Waals surface area (Å²) in [5, 5.41) is 83.7. The van der Waals surface area contributed by atoms with Crippen molar-refractivity contribution < 1.29 is 69.3 Å². The summed E-state index contributed by atoms with van der Waals surface area (Å²) < 4.78 is 27.7. The summed E-state index contributed by atoms with van der Waals surface area (Å²) in [5.74, 6) is -0.591. The second-order valence-electron chi connectivity index (χ2n) is 8.95. The van der Waals surface area contributed by atoms with Crippen LogP contribution in [0.5, 0.6) is 0 Å². The molecule has 0 radical (unpaired) electrons. The van der Waals surface area contributed by atoms with Crippen molar-refractivity contribution in [2.75, 3.05) is 13.2 Å². The molecule has 0 bridgehead atoms. The van der Waals surface area contributed by atoms with Gasteiger partial charge in [0.25, 0.3) is 0 Å². The minimum Gasteiger partial charge on any atom is -0.394 e. The molecule has 3 aliphatic heterocycles. The van der Waals surface area contributed by atoms with Gasteiger partial charge in [-0.2, -0.15) is 0 Å². The Morgan fingerprint density at radius 2 is 1.46 bits per heavy atom. The lowest BCUT2D eigenvalue weighted by molar-refractivity contribution is -0.376. The van der Waals surface area contributed by atoms with E-state index in [1.54, 1.807) is 6.92 Å². The summed E-state index contributed by atoms with van der Waals surface area (Å²) in [6.45, 7) is 1.24. The third-order valence-corrected chi connectivity index (χ3v) is 6.34. The van der Waals surface area contributed by atoms with E-state index in [4.69, 9.17) is 23.7 Å². The van der Waals surface area contributed by atoms with Crippen molar-refractivity contribution in [1.29, 1.82) is 0 Å². The van der Waals surface area contributed by atoms with Crippen molar-refractivity contribution in [3.8, 4) is 0 Å². The van der Waals surface area contributed by atoms with E-state index in [1.807, 2.05) is 0 Å². The summed E-state index contributed by atoms with van der Waals surface area (Å²) in [6.07, 6.45) is -18.4. The SMILES string of the molecule is CC(=O)N[C@H]1C(O)O[C@H](CO)[C@@H](O[C@@H]2O[C@H](CO)[C@H](O)[C@H](O)[C@H]2O[C@@H]2O[C@@H](C)[C@@H](O)C[C@@H]2O)[C@@H]1O. The molecule has 0 saturated carbocycles. The fraction of sp³-hybridized carbons (Fsp3) is 0.950. The van der Waals surface area contributed by atoms with Gasteiger partial charge >= 0.3 is 0 Å². The van der Waals surface area contributed by atoms with Crippen LogP contribution in [0.4, 0.5) is 0 Å². The zero-order chi connectivity index (χ0) is 26.0. The standard InChI is InChI=1S/C20H35NO14/c1-6-8(25)3-9(26)19(31-6)35-17-15(29)13(27)10(4-22)33-20(17)34-16-11(5-23)32-18(30)12(14(16)28)21-7(2)24/h6,8-20,22-23,25-30H,3-5H2,1-2H3,(H,21,24)/t6-,8-,9-,10+,11+,12+,13-,14+,15-,16+,17+,18?,19-,20-/m0/s1. The van der Waals surface area contributed by atoms with Gasteiger partial charge in [0.15, 0.2) is 18.9 Å². The number of carbonyl (C=O) groups excluding carboxylic acids is 1. The average Bonchev–Trinajstić information content (AvgIpc) is 2.80. The van der Waals surface area contributed by atoms with Crippen LogP contribution in [-0.4, -0.2) is 146 Å². The van der Waals surface area contributed by atoms with Crippen LogP contribution in [0.2, 0.25) is 0 Å². The molecular formula is C20H35NO14. The molecule has 0 spiro atoms. The molecule has 3 rings (SSSR count). The maximum Gasteiger partial charge on any atom is 0.217 e. The van der Waals surface area contributed by atoms with Crippen LogP contribution in [-0.2, 0) is 28.5 Å². The zero-order valence-electron chi connectivity index (χ0n) is 19.2. The molecule has 9 N–H and O–H groups in total. The molecule has 3 heterocycles. The van der Waals surface area contributed by atoms with Gasteiger partial charge < -0.3 is 69.9 Å². The van der Waals surface area contributed by atoms with Gasteiger partial charge in [-0.3, -0.25) is 4.79 Å². The van der Waals surface area contributed by atoms with Crippen LogP contribution in [0.3, 0.4) is 0 Å². The normalized spacial score (nSPS) is 49.0. The number of aliphatic hydroxyl groups is 8. The Balaban J connectivity index is 1.84. The first-order valence-electron chi connectivity index (χ1n) is 11.3. The van der Waals surface area contributed by atoms with Crippen LogP contribution in [0.25, 0.3) is 0 Å². The Labute approximate surface area is 200 Å². The van der Waals surface area contributed by atoms with Gasteiger partial charge in [-0.05, 0) is 6.92 Å². The van der Waals surface area contributed by atoms with Crippen molar-refractivity contribution in [3.63, 3.8) is 0 Å². The molecule has 3 aliphatic rings. The first-order valence-corrected chi connectivity index (χ1v) is 11.3. The Hall–Kier alpha value is -1.05. The van der Waals surface area contributed by atoms with Gasteiger partial charge in [0.05, 0.1) is 25.4 Å². The summed E-state index contributed by atoms with van der Waals surface area (Å²) in [5.41, 5.74) is 0. The number of ether oxygens (including phenoxy) is 5. The topological polar surface area (TPSA) is 237 Å². The number of amides is 1. The molecule has 35 heavy (non-hydrogen) atoms. The summed E-state index contributed by atoms with van der Waals surface area (Å²) >= 11 is 0. The van der Waals surface area contributed by atoms with Crippen LogP contribution >= 0.6 is 0 Å². The summed E-state index contributed by atoms with van der Waals surface area (Å²) in [7, 11) is 0. The number of hydrogen-bond acceptors (Lipinski definition) is 14. The van der Waals surface area contributed by atoms with Crippen molar-refractivity contribution in [2.45, 2.75) is 106 Å². The Morgan fingerprint density at radius 1 is 0.829 bits per heavy atom. The quantitative estimate of drug-likeness (QED) is 0.155. The van der Waals surface area contributed by atoms with Crippen molar-refractivity contribution in [3.05, 3.63) is 0 Å². The molecule has 1 unspecified atom stereocenters. The largest absolute Gasteiger partial charge is 0.394 e. The number of aliphatic hydroxyl groups excluding tert-OH is 8. The van der Waals surface area contributed by atoms with E-state index in [-0.39, 0.29) is 6.42 Å². The number of carbonyl (C=O) groups is 1. The first-order chi connectivity index (χ1) is 16.5. The Kier molecular flexibility index (Phi) is 9.78. The van der Waals surface area contributed by atoms with Crippen molar-refractivity contribution in [2.24, 2.45) is 0 Å². The van der Waals surface area contributed by atoms with E-state index in [0.29, 0.717) is 0 Å². The van der Waals surface area contributed by atoms with Crippen molar-refractivity contribution in [1.82, 2.24) is 5.32 Å². The molecule has 3 fully saturated rings. The number of rotatable bonds is 7. The van der Waals surface area contributed by atoms with Gasteiger partial charge in [0.2, 0.25) is 5.91 Å². The second kappa shape index (κ2) is 12.0. The molecule has 204 valence electrons. The molecule has 15 nitrogen and oxygen atoms in total. The van der Waals surface area contributed by atoms with Gasteiger partial charge in [-0.15, -0.1) is 0 Å². The molecule has 3 saturated heterocycles. The monoisotopic (exact) mass is 513 g/mol. The maximum atomic E-state index is 11.5. The number of nitrogens with one attached hydrogen (secondary N) is 1. The lowest BCUT2D eigenvalue weighted by Crippen LogP contribution is -2.67. The van der Waals surface area contributed by atoms with Crippen LogP contribution in [0.1, 0.15) is 20.3 Å². The minimum atomic E-state index is -1.73. The van der Waals surface area contributed by atoms with Gasteiger partial charge in [-0.1, -0.05) is 0 Å². The molecule has 1 amide bonds. The van der Waals surface area contributed by atoms with Gasteiger partial charge in [0, 0.05) is 13.3 Å². The Morgan fingerprint density at radius 3 is 2.06 bits per heavy atom. The average molecular weight is 513 g/mol. The van der Waals surface area contributed by atoms with E-state index >= 15 is 0 Å². The van der Waals surface area contributed by atoms with Gasteiger partial charge in [0.1, 0.15) is 54.9 Å². The van der Waals surface area contributed by atoms with E-state index in [0.717, 1.165) is 6.92 Å². The second-order valence-corrected chi connectivity index (χ2v) is 8.95.